The number of carbonyl (C=O) groups is 2. The number of likely N-dealkylation sites (tertiary alicyclic amines) is 2. The van der Waals surface area contributed by atoms with E-state index in [0.29, 0.717) is 38.4 Å². The molecule has 0 aromatic carbocycles. The van der Waals surface area contributed by atoms with Gasteiger partial charge in [-0.2, -0.15) is 0 Å². The van der Waals surface area contributed by atoms with Gasteiger partial charge in [-0.1, -0.05) is 0 Å². The molecule has 2 aliphatic rings. The molecule has 4 rings (SSSR count). The SMILES string of the molecule is Cc1nc(NC2CCN(C(=O)O[C@H]3CCN(C(=O)OC(C)(C)C)C3)CC2)c2ncn(C(C)C)c2n1. The number of piperidine rings is 1. The Hall–Kier alpha value is -3.11. The van der Waals surface area contributed by atoms with Gasteiger partial charge in [0, 0.05) is 38.1 Å². The third kappa shape index (κ3) is 5.94. The fourth-order valence-corrected chi connectivity index (χ4v) is 4.44. The van der Waals surface area contributed by atoms with Crippen LogP contribution in [0.15, 0.2) is 6.33 Å². The number of amides is 2. The van der Waals surface area contributed by atoms with Gasteiger partial charge in [-0.25, -0.2) is 24.5 Å². The van der Waals surface area contributed by atoms with Gasteiger partial charge in [0.25, 0.3) is 0 Å². The van der Waals surface area contributed by atoms with Crippen LogP contribution in [0.25, 0.3) is 11.2 Å². The molecule has 2 saturated heterocycles. The normalized spacial score (nSPS) is 19.5. The Morgan fingerprint density at radius 1 is 1.06 bits per heavy atom. The van der Waals surface area contributed by atoms with Gasteiger partial charge in [-0.3, -0.25) is 0 Å². The number of aromatic nitrogens is 4. The molecule has 2 fully saturated rings. The quantitative estimate of drug-likeness (QED) is 0.694. The number of anilines is 1. The van der Waals surface area contributed by atoms with Gasteiger partial charge in [0.2, 0.25) is 0 Å². The third-order valence-corrected chi connectivity index (χ3v) is 6.25. The average Bonchev–Trinajstić information content (AvgIpc) is 3.40. The molecule has 35 heavy (non-hydrogen) atoms. The number of rotatable bonds is 4. The number of hydrogen-bond donors (Lipinski definition) is 1. The maximum Gasteiger partial charge on any atom is 0.410 e. The van der Waals surface area contributed by atoms with Crippen molar-refractivity contribution in [3.05, 3.63) is 12.2 Å². The molecule has 0 unspecified atom stereocenters. The molecule has 192 valence electrons. The predicted molar refractivity (Wildman–Crippen MR) is 131 cm³/mol. The second kappa shape index (κ2) is 9.87. The standard InChI is InChI=1S/C24H37N7O4/c1-15(2)31-14-25-19-20(26-16(3)27-21(19)31)28-17-7-10-29(11-8-17)22(32)34-18-9-12-30(13-18)23(33)35-24(4,5)6/h14-15,17-18H,7-13H2,1-6H3,(H,26,27,28)/t18-/m0/s1. The smallest absolute Gasteiger partial charge is 0.410 e. The Bertz CT molecular complexity index is 1070. The number of aryl methyl sites for hydroxylation is 1. The lowest BCUT2D eigenvalue weighted by atomic mass is 10.1. The Kier molecular flexibility index (Phi) is 7.05. The lowest BCUT2D eigenvalue weighted by molar-refractivity contribution is 0.0235. The number of hydrogen-bond acceptors (Lipinski definition) is 8. The van der Waals surface area contributed by atoms with Crippen molar-refractivity contribution in [1.82, 2.24) is 29.3 Å². The van der Waals surface area contributed by atoms with Gasteiger partial charge < -0.3 is 29.2 Å². The summed E-state index contributed by atoms with van der Waals surface area (Å²) in [5.74, 6) is 1.43. The molecule has 2 amide bonds. The molecule has 2 aromatic heterocycles. The van der Waals surface area contributed by atoms with E-state index >= 15 is 0 Å². The Morgan fingerprint density at radius 3 is 2.40 bits per heavy atom. The molecular formula is C24H37N7O4. The lowest BCUT2D eigenvalue weighted by Gasteiger charge is -2.32. The van der Waals surface area contributed by atoms with Crippen molar-refractivity contribution >= 4 is 29.2 Å². The van der Waals surface area contributed by atoms with Crippen LogP contribution in [0.3, 0.4) is 0 Å². The molecule has 0 bridgehead atoms. The minimum Gasteiger partial charge on any atom is -0.444 e. The monoisotopic (exact) mass is 487 g/mol. The molecule has 11 heteroatoms. The van der Waals surface area contributed by atoms with E-state index in [4.69, 9.17) is 9.47 Å². The lowest BCUT2D eigenvalue weighted by Crippen LogP contribution is -2.44. The molecule has 0 radical (unpaired) electrons. The highest BCUT2D eigenvalue weighted by atomic mass is 16.6. The number of nitrogens with one attached hydrogen (secondary N) is 1. The first-order valence-electron chi connectivity index (χ1n) is 12.4. The molecule has 0 spiro atoms. The highest BCUT2D eigenvalue weighted by Crippen LogP contribution is 2.25. The largest absolute Gasteiger partial charge is 0.444 e. The van der Waals surface area contributed by atoms with Crippen LogP contribution in [0.2, 0.25) is 0 Å². The van der Waals surface area contributed by atoms with Crippen LogP contribution in [-0.4, -0.2) is 85.4 Å². The molecule has 0 aliphatic carbocycles. The molecule has 2 aliphatic heterocycles. The molecule has 1 N–H and O–H groups in total. The molecule has 4 heterocycles. The van der Waals surface area contributed by atoms with E-state index in [1.807, 2.05) is 32.3 Å². The van der Waals surface area contributed by atoms with E-state index in [-0.39, 0.29) is 30.4 Å². The van der Waals surface area contributed by atoms with Gasteiger partial charge in [0.15, 0.2) is 11.5 Å². The van der Waals surface area contributed by atoms with E-state index in [2.05, 4.69) is 34.1 Å². The van der Waals surface area contributed by atoms with E-state index in [9.17, 15) is 9.59 Å². The number of nitrogens with zero attached hydrogens (tertiary/aromatic N) is 6. The maximum absolute atomic E-state index is 12.7. The summed E-state index contributed by atoms with van der Waals surface area (Å²) in [6.45, 7) is 13.7. The molecular weight excluding hydrogens is 450 g/mol. The topological polar surface area (TPSA) is 115 Å². The average molecular weight is 488 g/mol. The Morgan fingerprint density at radius 2 is 1.74 bits per heavy atom. The summed E-state index contributed by atoms with van der Waals surface area (Å²) in [5, 5.41) is 3.52. The van der Waals surface area contributed by atoms with Crippen LogP contribution in [0.4, 0.5) is 15.4 Å². The van der Waals surface area contributed by atoms with Crippen molar-refractivity contribution in [3.8, 4) is 0 Å². The van der Waals surface area contributed by atoms with Crippen molar-refractivity contribution in [2.45, 2.75) is 84.6 Å². The van der Waals surface area contributed by atoms with E-state index in [0.717, 1.165) is 29.8 Å². The second-order valence-electron chi connectivity index (χ2n) is 10.7. The Balaban J connectivity index is 1.28. The van der Waals surface area contributed by atoms with Crippen LogP contribution in [0.5, 0.6) is 0 Å². The third-order valence-electron chi connectivity index (χ3n) is 6.25. The van der Waals surface area contributed by atoms with E-state index in [1.54, 1.807) is 16.1 Å². The summed E-state index contributed by atoms with van der Waals surface area (Å²) in [6, 6.07) is 0.433. The van der Waals surface area contributed by atoms with E-state index in [1.165, 1.54) is 0 Å². The fourth-order valence-electron chi connectivity index (χ4n) is 4.44. The number of imidazole rings is 1. The number of ether oxygens (including phenoxy) is 2. The minimum atomic E-state index is -0.547. The van der Waals surface area contributed by atoms with Crippen molar-refractivity contribution < 1.29 is 19.1 Å². The summed E-state index contributed by atoms with van der Waals surface area (Å²) < 4.78 is 13.2. The maximum atomic E-state index is 12.7. The molecule has 1 atom stereocenters. The van der Waals surface area contributed by atoms with Crippen molar-refractivity contribution in [1.29, 1.82) is 0 Å². The second-order valence-corrected chi connectivity index (χ2v) is 10.7. The highest BCUT2D eigenvalue weighted by molar-refractivity contribution is 5.83. The van der Waals surface area contributed by atoms with Crippen LogP contribution >= 0.6 is 0 Å². The van der Waals surface area contributed by atoms with Crippen LogP contribution < -0.4 is 5.32 Å². The van der Waals surface area contributed by atoms with Gasteiger partial charge in [-0.15, -0.1) is 0 Å². The molecule has 11 nitrogen and oxygen atoms in total. The van der Waals surface area contributed by atoms with Crippen LogP contribution in [-0.2, 0) is 9.47 Å². The first-order chi connectivity index (χ1) is 16.5. The zero-order chi connectivity index (χ0) is 25.3. The van der Waals surface area contributed by atoms with Gasteiger partial charge >= 0.3 is 12.2 Å². The summed E-state index contributed by atoms with van der Waals surface area (Å²) in [6.07, 6.45) is 2.98. The Labute approximate surface area is 206 Å². The first-order valence-corrected chi connectivity index (χ1v) is 12.4. The summed E-state index contributed by atoms with van der Waals surface area (Å²) >= 11 is 0. The summed E-state index contributed by atoms with van der Waals surface area (Å²) in [5.41, 5.74) is 1.05. The number of carbonyl (C=O) groups excluding carboxylic acids is 2. The van der Waals surface area contributed by atoms with Crippen molar-refractivity contribution in [3.63, 3.8) is 0 Å². The number of fused-ring (bicyclic) bond motifs is 1. The zero-order valence-electron chi connectivity index (χ0n) is 21.6. The summed E-state index contributed by atoms with van der Waals surface area (Å²) in [4.78, 5) is 42.0. The van der Waals surface area contributed by atoms with E-state index < -0.39 is 5.60 Å². The van der Waals surface area contributed by atoms with Gasteiger partial charge in [0.05, 0.1) is 12.9 Å². The van der Waals surface area contributed by atoms with Crippen LogP contribution in [0.1, 0.15) is 65.7 Å². The molecule has 0 saturated carbocycles. The fraction of sp³-hybridized carbons (Fsp3) is 0.708. The van der Waals surface area contributed by atoms with Crippen molar-refractivity contribution in [2.75, 3.05) is 31.5 Å². The minimum absolute atomic E-state index is 0.176. The highest BCUT2D eigenvalue weighted by Gasteiger charge is 2.33. The predicted octanol–water partition coefficient (Wildman–Crippen LogP) is 3.74. The molecule has 2 aromatic rings. The van der Waals surface area contributed by atoms with Crippen LogP contribution in [0, 0.1) is 6.92 Å². The first kappa shape index (κ1) is 25.0. The van der Waals surface area contributed by atoms with Gasteiger partial charge in [-0.05, 0) is 54.4 Å². The van der Waals surface area contributed by atoms with Crippen molar-refractivity contribution in [2.24, 2.45) is 0 Å². The van der Waals surface area contributed by atoms with Gasteiger partial charge in [0.1, 0.15) is 23.0 Å². The summed E-state index contributed by atoms with van der Waals surface area (Å²) in [7, 11) is 0. The zero-order valence-corrected chi connectivity index (χ0v) is 21.6.